The van der Waals surface area contributed by atoms with Crippen LogP contribution in [0.15, 0.2) is 36.9 Å². The van der Waals surface area contributed by atoms with Crippen molar-refractivity contribution in [3.05, 3.63) is 41.9 Å². The third-order valence-corrected chi connectivity index (χ3v) is 2.87. The predicted molar refractivity (Wildman–Crippen MR) is 67.4 cm³/mol. The van der Waals surface area contributed by atoms with Crippen molar-refractivity contribution < 1.29 is 0 Å². The van der Waals surface area contributed by atoms with E-state index in [1.54, 1.807) is 12.4 Å². The topological polar surface area (TPSA) is 61.9 Å². The summed E-state index contributed by atoms with van der Waals surface area (Å²) in [6, 6.07) is 3.78. The van der Waals surface area contributed by atoms with E-state index in [9.17, 15) is 0 Å². The Morgan fingerprint density at radius 1 is 1.12 bits per heavy atom. The lowest BCUT2D eigenvalue weighted by Gasteiger charge is -2.17. The van der Waals surface area contributed by atoms with Crippen molar-refractivity contribution in [3.8, 4) is 0 Å². The quantitative estimate of drug-likeness (QED) is 0.753. The molecule has 0 radical (unpaired) electrons. The van der Waals surface area contributed by atoms with E-state index in [0.29, 0.717) is 10.5 Å². The maximum absolute atomic E-state index is 6.28. The molecule has 0 saturated heterocycles. The number of nitrogens with one attached hydrogen (secondary N) is 3. The van der Waals surface area contributed by atoms with Gasteiger partial charge in [0.05, 0.1) is 16.2 Å². The highest BCUT2D eigenvalue weighted by Crippen LogP contribution is 2.28. The van der Waals surface area contributed by atoms with E-state index in [1.165, 1.54) is 0 Å². The van der Waals surface area contributed by atoms with E-state index in [2.05, 4.69) is 25.9 Å². The number of aromatic nitrogens is 2. The first-order valence-electron chi connectivity index (χ1n) is 5.17. The van der Waals surface area contributed by atoms with Gasteiger partial charge in [0.1, 0.15) is 5.52 Å². The van der Waals surface area contributed by atoms with Crippen LogP contribution in [0.4, 0.5) is 5.69 Å². The van der Waals surface area contributed by atoms with Crippen LogP contribution in [0.5, 0.6) is 0 Å². The van der Waals surface area contributed by atoms with Crippen LogP contribution < -0.4 is 16.0 Å². The van der Waals surface area contributed by atoms with Crippen molar-refractivity contribution in [2.24, 2.45) is 0 Å². The van der Waals surface area contributed by atoms with E-state index in [-0.39, 0.29) is 6.29 Å². The maximum Gasteiger partial charge on any atom is 0.173 e. The number of nitrogens with zero attached hydrogens (tertiary/aromatic N) is 2. The summed E-state index contributed by atoms with van der Waals surface area (Å²) in [5.41, 5.74) is 2.30. The molecule has 0 spiro atoms. The molecular formula is C11H10ClN5. The fraction of sp³-hybridized carbons (Fsp3) is 0.0909. The first-order valence-corrected chi connectivity index (χ1v) is 5.55. The Balaban J connectivity index is 1.96. The van der Waals surface area contributed by atoms with Gasteiger partial charge in [0.15, 0.2) is 6.29 Å². The second-order valence-corrected chi connectivity index (χ2v) is 3.97. The van der Waals surface area contributed by atoms with Crippen molar-refractivity contribution in [1.82, 2.24) is 20.6 Å². The van der Waals surface area contributed by atoms with E-state index in [1.807, 2.05) is 24.5 Å². The molecule has 1 aliphatic rings. The Labute approximate surface area is 103 Å². The zero-order chi connectivity index (χ0) is 11.7. The van der Waals surface area contributed by atoms with Crippen LogP contribution >= 0.6 is 11.6 Å². The Bertz CT molecular complexity index is 575. The maximum atomic E-state index is 6.28. The van der Waals surface area contributed by atoms with Crippen molar-refractivity contribution in [2.75, 3.05) is 5.32 Å². The first-order chi connectivity index (χ1) is 8.34. The number of hydrogen-bond acceptors (Lipinski definition) is 5. The number of hydrogen-bond donors (Lipinski definition) is 3. The molecule has 1 aromatic heterocycles. The molecule has 0 unspecified atom stereocenters. The molecule has 1 aliphatic heterocycles. The summed E-state index contributed by atoms with van der Waals surface area (Å²) >= 11 is 6.28. The molecule has 3 rings (SSSR count). The standard InChI is InChI=1S/C11H10ClN5/c12-9-7(17-11-15-5-6-16-11)1-2-8-10(9)14-4-3-13-8/h1-6,11,15-17H. The SMILES string of the molecule is Clc1c(NC2NC=CN2)ccc2nccnc12. The second-order valence-electron chi connectivity index (χ2n) is 3.60. The summed E-state index contributed by atoms with van der Waals surface area (Å²) in [6.45, 7) is 0. The molecule has 2 aromatic rings. The van der Waals surface area contributed by atoms with Crippen LogP contribution in [-0.4, -0.2) is 16.3 Å². The Morgan fingerprint density at radius 3 is 2.71 bits per heavy atom. The highest BCUT2D eigenvalue weighted by atomic mass is 35.5. The fourth-order valence-corrected chi connectivity index (χ4v) is 1.95. The van der Waals surface area contributed by atoms with Crippen LogP contribution in [0.3, 0.4) is 0 Å². The summed E-state index contributed by atoms with van der Waals surface area (Å²) in [7, 11) is 0. The van der Waals surface area contributed by atoms with Crippen molar-refractivity contribution in [3.63, 3.8) is 0 Å². The van der Waals surface area contributed by atoms with Crippen molar-refractivity contribution in [2.45, 2.75) is 6.29 Å². The molecular weight excluding hydrogens is 238 g/mol. The average Bonchev–Trinajstić information content (AvgIpc) is 2.86. The highest BCUT2D eigenvalue weighted by Gasteiger charge is 2.12. The van der Waals surface area contributed by atoms with Crippen LogP contribution in [0.1, 0.15) is 0 Å². The summed E-state index contributed by atoms with van der Waals surface area (Å²) in [4.78, 5) is 8.42. The fourth-order valence-electron chi connectivity index (χ4n) is 1.69. The van der Waals surface area contributed by atoms with Gasteiger partial charge < -0.3 is 16.0 Å². The van der Waals surface area contributed by atoms with Crippen LogP contribution in [0, 0.1) is 0 Å². The molecule has 1 aromatic carbocycles. The molecule has 17 heavy (non-hydrogen) atoms. The Morgan fingerprint density at radius 2 is 1.88 bits per heavy atom. The van der Waals surface area contributed by atoms with Crippen LogP contribution in [-0.2, 0) is 0 Å². The van der Waals surface area contributed by atoms with Crippen LogP contribution in [0.25, 0.3) is 11.0 Å². The molecule has 0 fully saturated rings. The number of fused-ring (bicyclic) bond motifs is 1. The van der Waals surface area contributed by atoms with Crippen molar-refractivity contribution in [1.29, 1.82) is 0 Å². The number of halogens is 1. The normalized spacial score (nSPS) is 14.6. The van der Waals surface area contributed by atoms with Gasteiger partial charge in [-0.05, 0) is 12.1 Å². The van der Waals surface area contributed by atoms with Gasteiger partial charge in [0, 0.05) is 24.8 Å². The third kappa shape index (κ3) is 1.85. The van der Waals surface area contributed by atoms with Crippen LogP contribution in [0.2, 0.25) is 5.02 Å². The average molecular weight is 248 g/mol. The Hall–Kier alpha value is -2.01. The smallest absolute Gasteiger partial charge is 0.173 e. The van der Waals surface area contributed by atoms with Gasteiger partial charge in [0.2, 0.25) is 0 Å². The van der Waals surface area contributed by atoms with E-state index in [0.717, 1.165) is 11.2 Å². The monoisotopic (exact) mass is 247 g/mol. The summed E-state index contributed by atoms with van der Waals surface area (Å²) in [5, 5.41) is 9.96. The third-order valence-electron chi connectivity index (χ3n) is 2.49. The van der Waals surface area contributed by atoms with Gasteiger partial charge in [-0.25, -0.2) is 0 Å². The molecule has 6 heteroatoms. The summed E-state index contributed by atoms with van der Waals surface area (Å²) < 4.78 is 0. The minimum absolute atomic E-state index is 0.0541. The summed E-state index contributed by atoms with van der Waals surface area (Å²) in [5.74, 6) is 0. The molecule has 5 nitrogen and oxygen atoms in total. The second kappa shape index (κ2) is 4.10. The Kier molecular flexibility index (Phi) is 2.45. The molecule has 2 heterocycles. The lowest BCUT2D eigenvalue weighted by Crippen LogP contribution is -2.38. The minimum atomic E-state index is -0.0541. The van der Waals surface area contributed by atoms with Crippen molar-refractivity contribution >= 4 is 28.3 Å². The molecule has 0 aliphatic carbocycles. The highest BCUT2D eigenvalue weighted by molar-refractivity contribution is 6.37. The molecule has 0 saturated carbocycles. The van der Waals surface area contributed by atoms with Gasteiger partial charge in [-0.3, -0.25) is 9.97 Å². The van der Waals surface area contributed by atoms with Gasteiger partial charge in [-0.15, -0.1) is 0 Å². The van der Waals surface area contributed by atoms with Gasteiger partial charge in [-0.1, -0.05) is 11.6 Å². The van der Waals surface area contributed by atoms with Gasteiger partial charge in [-0.2, -0.15) is 0 Å². The predicted octanol–water partition coefficient (Wildman–Crippen LogP) is 1.64. The van der Waals surface area contributed by atoms with E-state index >= 15 is 0 Å². The minimum Gasteiger partial charge on any atom is -0.353 e. The molecule has 0 atom stereocenters. The number of anilines is 1. The number of benzene rings is 1. The molecule has 3 N–H and O–H groups in total. The zero-order valence-electron chi connectivity index (χ0n) is 8.81. The first kappa shape index (κ1) is 10.2. The molecule has 0 bridgehead atoms. The lowest BCUT2D eigenvalue weighted by atomic mass is 10.2. The molecule has 86 valence electrons. The summed E-state index contributed by atoms with van der Waals surface area (Å²) in [6.07, 6.45) is 6.88. The molecule has 0 amide bonds. The van der Waals surface area contributed by atoms with E-state index in [4.69, 9.17) is 11.6 Å². The largest absolute Gasteiger partial charge is 0.353 e. The lowest BCUT2D eigenvalue weighted by molar-refractivity contribution is 0.641. The van der Waals surface area contributed by atoms with E-state index < -0.39 is 0 Å². The zero-order valence-corrected chi connectivity index (χ0v) is 9.57. The van der Waals surface area contributed by atoms with Gasteiger partial charge in [0.25, 0.3) is 0 Å². The number of rotatable bonds is 2. The van der Waals surface area contributed by atoms with Gasteiger partial charge >= 0.3 is 0 Å².